The molecule has 2 N–H and O–H groups in total. The van der Waals surface area contributed by atoms with Crippen molar-refractivity contribution in [3.05, 3.63) is 88.2 Å². The number of anilines is 2. The highest BCUT2D eigenvalue weighted by atomic mass is 35.5. The number of aryl methyl sites for hydroxylation is 1. The molecule has 3 aromatic rings. The average Bonchev–Trinajstić information content (AvgIpc) is 2.71. The number of hydrogen-bond donors (Lipinski definition) is 2. The Bertz CT molecular complexity index is 1110. The molecular weight excluding hydrogens is 376 g/mol. The van der Waals surface area contributed by atoms with Crippen molar-refractivity contribution in [2.75, 3.05) is 10.6 Å². The van der Waals surface area contributed by atoms with E-state index < -0.39 is 5.91 Å². The van der Waals surface area contributed by atoms with Crippen molar-refractivity contribution in [3.63, 3.8) is 0 Å². The first-order valence-electron chi connectivity index (χ1n) is 8.31. The minimum absolute atomic E-state index is 0.0805. The van der Waals surface area contributed by atoms with Crippen LogP contribution in [0.15, 0.2) is 60.8 Å². The van der Waals surface area contributed by atoms with Crippen LogP contribution < -0.4 is 10.6 Å². The van der Waals surface area contributed by atoms with E-state index in [1.54, 1.807) is 42.5 Å². The van der Waals surface area contributed by atoms with Crippen molar-refractivity contribution < 1.29 is 9.59 Å². The second kappa shape index (κ2) is 8.33. The Balaban J connectivity index is 1.75. The Morgan fingerprint density at radius 1 is 1.00 bits per heavy atom. The number of carbonyl (C=O) groups excluding carboxylic acids is 2. The van der Waals surface area contributed by atoms with Crippen LogP contribution in [0.3, 0.4) is 0 Å². The fraction of sp³-hybridized carbons (Fsp3) is 0.0476. The lowest BCUT2D eigenvalue weighted by molar-refractivity contribution is 0.102. The molecule has 6 nitrogen and oxygen atoms in total. The Kier molecular flexibility index (Phi) is 5.68. The zero-order valence-corrected chi connectivity index (χ0v) is 15.6. The highest BCUT2D eigenvalue weighted by Gasteiger charge is 2.13. The Labute approximate surface area is 166 Å². The molecule has 0 spiro atoms. The molecule has 0 saturated heterocycles. The van der Waals surface area contributed by atoms with Crippen LogP contribution in [-0.4, -0.2) is 16.8 Å². The van der Waals surface area contributed by atoms with Crippen LogP contribution in [-0.2, 0) is 0 Å². The number of nitrogens with one attached hydrogen (secondary N) is 2. The lowest BCUT2D eigenvalue weighted by Gasteiger charge is -2.08. The quantitative estimate of drug-likeness (QED) is 0.689. The maximum atomic E-state index is 12.5. The zero-order chi connectivity index (χ0) is 20.1. The van der Waals surface area contributed by atoms with Gasteiger partial charge in [-0.3, -0.25) is 14.6 Å². The van der Waals surface area contributed by atoms with Crippen molar-refractivity contribution in [2.45, 2.75) is 6.92 Å². The van der Waals surface area contributed by atoms with Gasteiger partial charge in [0.1, 0.15) is 5.69 Å². The van der Waals surface area contributed by atoms with Crippen LogP contribution in [0.2, 0.25) is 5.02 Å². The van der Waals surface area contributed by atoms with Gasteiger partial charge in [0.25, 0.3) is 11.8 Å². The monoisotopic (exact) mass is 390 g/mol. The summed E-state index contributed by atoms with van der Waals surface area (Å²) in [6.45, 7) is 1.87. The van der Waals surface area contributed by atoms with Crippen molar-refractivity contribution in [3.8, 4) is 6.07 Å². The van der Waals surface area contributed by atoms with Gasteiger partial charge >= 0.3 is 0 Å². The van der Waals surface area contributed by atoms with Gasteiger partial charge in [-0.1, -0.05) is 23.7 Å². The summed E-state index contributed by atoms with van der Waals surface area (Å²) in [5, 5.41) is 14.9. The maximum Gasteiger partial charge on any atom is 0.274 e. The van der Waals surface area contributed by atoms with E-state index in [-0.39, 0.29) is 17.2 Å². The van der Waals surface area contributed by atoms with E-state index in [2.05, 4.69) is 15.6 Å². The summed E-state index contributed by atoms with van der Waals surface area (Å²) in [5.74, 6) is -0.869. The Morgan fingerprint density at radius 2 is 1.75 bits per heavy atom. The van der Waals surface area contributed by atoms with Crippen LogP contribution in [0, 0.1) is 18.3 Å². The molecule has 0 aliphatic carbocycles. The normalized spacial score (nSPS) is 10.0. The molecule has 28 heavy (non-hydrogen) atoms. The second-order valence-electron chi connectivity index (χ2n) is 5.99. The Hall–Kier alpha value is -3.69. The highest BCUT2D eigenvalue weighted by Crippen LogP contribution is 2.20. The van der Waals surface area contributed by atoms with Crippen molar-refractivity contribution in [1.82, 2.24) is 4.98 Å². The van der Waals surface area contributed by atoms with Gasteiger partial charge in [-0.05, 0) is 55.0 Å². The first-order chi connectivity index (χ1) is 13.5. The van der Waals surface area contributed by atoms with Crippen LogP contribution in [0.5, 0.6) is 0 Å². The van der Waals surface area contributed by atoms with Crippen molar-refractivity contribution in [2.24, 2.45) is 0 Å². The molecule has 0 atom stereocenters. The van der Waals surface area contributed by atoms with E-state index in [0.29, 0.717) is 22.0 Å². The number of benzene rings is 2. The van der Waals surface area contributed by atoms with E-state index in [9.17, 15) is 9.59 Å². The number of rotatable bonds is 4. The smallest absolute Gasteiger partial charge is 0.274 e. The molecule has 0 saturated carbocycles. The van der Waals surface area contributed by atoms with Crippen LogP contribution >= 0.6 is 11.6 Å². The highest BCUT2D eigenvalue weighted by molar-refractivity contribution is 6.31. The first-order valence-corrected chi connectivity index (χ1v) is 8.69. The minimum Gasteiger partial charge on any atom is -0.322 e. The van der Waals surface area contributed by atoms with Crippen LogP contribution in [0.4, 0.5) is 11.4 Å². The lowest BCUT2D eigenvalue weighted by atomic mass is 10.1. The molecule has 138 valence electrons. The molecule has 0 aliphatic heterocycles. The number of aromatic nitrogens is 1. The molecular formula is C21H15ClN4O2. The summed E-state index contributed by atoms with van der Waals surface area (Å²) in [6.07, 6.45) is 1.39. The molecule has 1 aromatic heterocycles. The third-order valence-corrected chi connectivity index (χ3v) is 4.34. The van der Waals surface area contributed by atoms with Gasteiger partial charge in [-0.25, -0.2) is 0 Å². The van der Waals surface area contributed by atoms with Crippen LogP contribution in [0.1, 0.15) is 32.0 Å². The molecule has 0 bridgehead atoms. The van der Waals surface area contributed by atoms with Crippen molar-refractivity contribution >= 4 is 34.8 Å². The molecule has 0 aliphatic rings. The molecule has 2 aromatic carbocycles. The number of pyridine rings is 1. The zero-order valence-electron chi connectivity index (χ0n) is 14.9. The molecule has 7 heteroatoms. The summed E-state index contributed by atoms with van der Waals surface area (Å²) < 4.78 is 0. The predicted molar refractivity (Wildman–Crippen MR) is 107 cm³/mol. The number of carbonyl (C=O) groups is 2. The molecule has 0 unspecified atom stereocenters. The van der Waals surface area contributed by atoms with E-state index in [1.165, 1.54) is 18.3 Å². The summed E-state index contributed by atoms with van der Waals surface area (Å²) in [7, 11) is 0. The molecule has 0 fully saturated rings. The SMILES string of the molecule is Cc1ccc(NC(=O)c2ccnc(C(=O)Nc3cccc(C#N)c3)c2)cc1Cl. The van der Waals surface area contributed by atoms with Crippen LogP contribution in [0.25, 0.3) is 0 Å². The predicted octanol–water partition coefficient (Wildman–Crippen LogP) is 4.42. The van der Waals surface area contributed by atoms with E-state index >= 15 is 0 Å². The molecule has 0 radical (unpaired) electrons. The molecule has 1 heterocycles. The van der Waals surface area contributed by atoms with Gasteiger partial charge in [0, 0.05) is 28.2 Å². The third kappa shape index (κ3) is 4.53. The lowest BCUT2D eigenvalue weighted by Crippen LogP contribution is -2.17. The summed E-state index contributed by atoms with van der Waals surface area (Å²) in [5.41, 5.74) is 2.71. The second-order valence-corrected chi connectivity index (χ2v) is 6.40. The average molecular weight is 391 g/mol. The summed E-state index contributed by atoms with van der Waals surface area (Å²) in [6, 6.07) is 16.6. The summed E-state index contributed by atoms with van der Waals surface area (Å²) in [4.78, 5) is 28.9. The minimum atomic E-state index is -0.483. The first kappa shape index (κ1) is 19.1. The van der Waals surface area contributed by atoms with Gasteiger partial charge in [0.05, 0.1) is 11.6 Å². The topological polar surface area (TPSA) is 94.9 Å². The third-order valence-electron chi connectivity index (χ3n) is 3.93. The number of nitriles is 1. The number of halogens is 1. The van der Waals surface area contributed by atoms with Crippen molar-refractivity contribution in [1.29, 1.82) is 5.26 Å². The summed E-state index contributed by atoms with van der Waals surface area (Å²) >= 11 is 6.07. The maximum absolute atomic E-state index is 12.5. The number of nitrogens with zero attached hydrogens (tertiary/aromatic N) is 2. The van der Waals surface area contributed by atoms with Gasteiger partial charge < -0.3 is 10.6 Å². The fourth-order valence-electron chi connectivity index (χ4n) is 2.43. The largest absolute Gasteiger partial charge is 0.322 e. The Morgan fingerprint density at radius 3 is 2.50 bits per heavy atom. The number of amides is 2. The van der Waals surface area contributed by atoms with Gasteiger partial charge in [0.2, 0.25) is 0 Å². The van der Waals surface area contributed by atoms with Gasteiger partial charge in [0.15, 0.2) is 0 Å². The fourth-order valence-corrected chi connectivity index (χ4v) is 2.61. The van der Waals surface area contributed by atoms with E-state index in [0.717, 1.165) is 5.56 Å². The van der Waals surface area contributed by atoms with Gasteiger partial charge in [-0.2, -0.15) is 5.26 Å². The van der Waals surface area contributed by atoms with E-state index in [4.69, 9.17) is 16.9 Å². The van der Waals surface area contributed by atoms with Gasteiger partial charge in [-0.15, -0.1) is 0 Å². The molecule has 3 rings (SSSR count). The standard InChI is InChI=1S/C21H15ClN4O2/c1-13-5-6-17(11-18(13)22)25-20(27)15-7-8-24-19(10-15)21(28)26-16-4-2-3-14(9-16)12-23/h2-11H,1H3,(H,25,27)(H,26,28). The number of hydrogen-bond acceptors (Lipinski definition) is 4. The van der Waals surface area contributed by atoms with E-state index in [1.807, 2.05) is 13.0 Å². The molecule has 2 amide bonds.